The fourth-order valence-electron chi connectivity index (χ4n) is 0. The van der Waals surface area contributed by atoms with Crippen molar-refractivity contribution in [2.24, 2.45) is 0 Å². The summed E-state index contributed by atoms with van der Waals surface area (Å²) in [4.78, 5) is 0. The molecule has 0 rings (SSSR count). The molecule has 0 spiro atoms. The topological polar surface area (TPSA) is 0 Å². The molecule has 0 aliphatic rings. The van der Waals surface area contributed by atoms with E-state index in [0.29, 0.717) is 0 Å². The van der Waals surface area contributed by atoms with E-state index >= 15 is 0 Å². The van der Waals surface area contributed by atoms with E-state index in [-0.39, 0.29) is 27.6 Å². The summed E-state index contributed by atoms with van der Waals surface area (Å²) < 4.78 is 0. The third kappa shape index (κ3) is 9.74. The van der Waals surface area contributed by atoms with Crippen LogP contribution in [0.3, 0.4) is 0 Å². The first kappa shape index (κ1) is 9.09. The SMILES string of the molecule is Cl.[Cl][Ru][Cl]. The Morgan fingerprint density at radius 3 is 1.25 bits per heavy atom. The summed E-state index contributed by atoms with van der Waals surface area (Å²) in [6.45, 7) is 0. The zero-order chi connectivity index (χ0) is 2.71. The molecule has 0 nitrogen and oxygen atoms in total. The molecule has 0 aromatic carbocycles. The van der Waals surface area contributed by atoms with Crippen molar-refractivity contribution in [2.45, 2.75) is 0 Å². The van der Waals surface area contributed by atoms with Gasteiger partial charge < -0.3 is 0 Å². The molecule has 0 unspecified atom stereocenters. The molecule has 0 amide bonds. The second-order valence-corrected chi connectivity index (χ2v) is 2.69. The van der Waals surface area contributed by atoms with Gasteiger partial charge in [0.2, 0.25) is 0 Å². The van der Waals surface area contributed by atoms with Crippen molar-refractivity contribution < 1.29 is 15.1 Å². The number of halogens is 3. The molecular formula is HCl3Ru. The van der Waals surface area contributed by atoms with Crippen molar-refractivity contribution in [3.63, 3.8) is 0 Å². The maximum absolute atomic E-state index is 4.85. The second kappa shape index (κ2) is 8.82. The Hall–Kier alpha value is 1.49. The van der Waals surface area contributed by atoms with Crippen molar-refractivity contribution in [3.05, 3.63) is 0 Å². The molecule has 0 bridgehead atoms. The first-order valence-electron chi connectivity index (χ1n) is 0.267. The summed E-state index contributed by atoms with van der Waals surface area (Å²) in [6.07, 6.45) is 0. The Morgan fingerprint density at radius 2 is 1.25 bits per heavy atom. The van der Waals surface area contributed by atoms with Crippen LogP contribution in [-0.2, 0) is 15.1 Å². The van der Waals surface area contributed by atoms with Crippen LogP contribution in [0.2, 0.25) is 0 Å². The summed E-state index contributed by atoms with van der Waals surface area (Å²) in [5.41, 5.74) is 0. The Morgan fingerprint density at radius 1 is 1.25 bits per heavy atom. The third-order valence-corrected chi connectivity index (χ3v) is 0. The van der Waals surface area contributed by atoms with Crippen molar-refractivity contribution in [3.8, 4) is 0 Å². The summed E-state index contributed by atoms with van der Waals surface area (Å²) in [7, 11) is 9.71. The normalized spacial score (nSPS) is 5.50. The zero-order valence-corrected chi connectivity index (χ0v) is 5.58. The van der Waals surface area contributed by atoms with Crippen LogP contribution in [0.1, 0.15) is 0 Å². The van der Waals surface area contributed by atoms with E-state index in [1.54, 1.807) is 0 Å². The quantitative estimate of drug-likeness (QED) is 0.533. The minimum absolute atomic E-state index is 0. The van der Waals surface area contributed by atoms with Gasteiger partial charge in [-0.3, -0.25) is 0 Å². The molecule has 0 aliphatic heterocycles. The fourth-order valence-corrected chi connectivity index (χ4v) is 0. The average Bonchev–Trinajstić information content (AvgIpc) is 0.918. The van der Waals surface area contributed by atoms with Crippen LogP contribution >= 0.6 is 31.8 Å². The van der Waals surface area contributed by atoms with Crippen LogP contribution in [-0.4, -0.2) is 0 Å². The first-order chi connectivity index (χ1) is 1.41. The molecule has 0 atom stereocenters. The zero-order valence-electron chi connectivity index (χ0n) is 1.52. The van der Waals surface area contributed by atoms with Gasteiger partial charge in [-0.1, -0.05) is 0 Å². The van der Waals surface area contributed by atoms with E-state index in [0.717, 1.165) is 0 Å². The predicted octanol–water partition coefficient (Wildman–Crippen LogP) is 1.80. The van der Waals surface area contributed by atoms with Crippen molar-refractivity contribution in [1.82, 2.24) is 0 Å². The van der Waals surface area contributed by atoms with Crippen LogP contribution in [0, 0.1) is 0 Å². The van der Waals surface area contributed by atoms with Crippen molar-refractivity contribution in [1.29, 1.82) is 0 Å². The average molecular weight is 208 g/mol. The van der Waals surface area contributed by atoms with Gasteiger partial charge in [-0.05, 0) is 0 Å². The summed E-state index contributed by atoms with van der Waals surface area (Å²) in [6, 6.07) is 0. The Bertz CT molecular complexity index is 3.25. The van der Waals surface area contributed by atoms with Gasteiger partial charge in [0.1, 0.15) is 0 Å². The maximum atomic E-state index is 4.85. The molecule has 0 aromatic heterocycles. The van der Waals surface area contributed by atoms with Crippen molar-refractivity contribution >= 4 is 31.8 Å². The fraction of sp³-hybridized carbons (Fsp3) is 0. The van der Waals surface area contributed by atoms with E-state index in [1.807, 2.05) is 0 Å². The molecule has 0 aromatic rings. The van der Waals surface area contributed by atoms with Gasteiger partial charge in [0.25, 0.3) is 0 Å². The Balaban J connectivity index is 0. The molecule has 4 heteroatoms. The van der Waals surface area contributed by atoms with E-state index in [2.05, 4.69) is 0 Å². The standard InChI is InChI=1S/3ClH.Ru/h3*1H;/q;;;+2/p-2. The van der Waals surface area contributed by atoms with Gasteiger partial charge in [0.05, 0.1) is 0 Å². The first-order valence-corrected chi connectivity index (χ1v) is 4.74. The molecule has 0 N–H and O–H groups in total. The van der Waals surface area contributed by atoms with Gasteiger partial charge in [-0.25, -0.2) is 0 Å². The molecule has 0 aliphatic carbocycles. The van der Waals surface area contributed by atoms with Crippen LogP contribution in [0.25, 0.3) is 0 Å². The molecule has 30 valence electrons. The number of hydrogen-bond acceptors (Lipinski definition) is 0. The van der Waals surface area contributed by atoms with Crippen molar-refractivity contribution in [2.75, 3.05) is 0 Å². The van der Waals surface area contributed by atoms with Gasteiger partial charge in [-0.15, -0.1) is 12.4 Å². The van der Waals surface area contributed by atoms with Gasteiger partial charge in [-0.2, -0.15) is 0 Å². The van der Waals surface area contributed by atoms with Crippen LogP contribution in [0.4, 0.5) is 0 Å². The van der Waals surface area contributed by atoms with Gasteiger partial charge in [0, 0.05) is 0 Å². The summed E-state index contributed by atoms with van der Waals surface area (Å²) >= 11 is -0.346. The molecule has 0 saturated carbocycles. The summed E-state index contributed by atoms with van der Waals surface area (Å²) in [5, 5.41) is 0. The third-order valence-electron chi connectivity index (χ3n) is 0. The van der Waals surface area contributed by atoms with E-state index in [9.17, 15) is 0 Å². The molecule has 0 radical (unpaired) electrons. The van der Waals surface area contributed by atoms with E-state index in [1.165, 1.54) is 0 Å². The van der Waals surface area contributed by atoms with Crippen LogP contribution < -0.4 is 0 Å². The molecule has 0 fully saturated rings. The molecule has 0 heterocycles. The Kier molecular flexibility index (Phi) is 20.0. The predicted molar refractivity (Wildman–Crippen MR) is 19.0 cm³/mol. The number of hydrogen-bond donors (Lipinski definition) is 0. The van der Waals surface area contributed by atoms with E-state index in [4.69, 9.17) is 19.4 Å². The second-order valence-electron chi connectivity index (χ2n) is 0.0505. The van der Waals surface area contributed by atoms with Crippen LogP contribution in [0.5, 0.6) is 0 Å². The molecule has 0 saturated heterocycles. The number of rotatable bonds is 0. The van der Waals surface area contributed by atoms with E-state index < -0.39 is 0 Å². The molecule has 4 heavy (non-hydrogen) atoms. The van der Waals surface area contributed by atoms with Crippen LogP contribution in [0.15, 0.2) is 0 Å². The Labute approximate surface area is 46.9 Å². The minimum atomic E-state index is -0.346. The monoisotopic (exact) mass is 208 g/mol. The van der Waals surface area contributed by atoms with Gasteiger partial charge >= 0.3 is 34.5 Å². The molecular weight excluding hydrogens is 207 g/mol. The summed E-state index contributed by atoms with van der Waals surface area (Å²) in [5.74, 6) is 0. The van der Waals surface area contributed by atoms with Gasteiger partial charge in [0.15, 0.2) is 0 Å².